The van der Waals surface area contributed by atoms with Gasteiger partial charge in [-0.15, -0.1) is 0 Å². The van der Waals surface area contributed by atoms with Gasteiger partial charge in [-0.2, -0.15) is 0 Å². The van der Waals surface area contributed by atoms with E-state index < -0.39 is 0 Å². The Hall–Kier alpha value is -1.53. The summed E-state index contributed by atoms with van der Waals surface area (Å²) in [5.74, 6) is 0. The second kappa shape index (κ2) is 4.54. The maximum atomic E-state index is 5.86. The Balaban J connectivity index is 2.40. The fourth-order valence-corrected chi connectivity index (χ4v) is 1.84. The molecule has 0 amide bonds. The van der Waals surface area contributed by atoms with Crippen molar-refractivity contribution in [2.24, 2.45) is 0 Å². The van der Waals surface area contributed by atoms with E-state index in [4.69, 9.17) is 11.6 Å². The van der Waals surface area contributed by atoms with E-state index in [1.165, 1.54) is 11.1 Å². The van der Waals surface area contributed by atoms with Gasteiger partial charge in [-0.3, -0.25) is 0 Å². The number of benzene rings is 2. The molecule has 2 aromatic carbocycles. The van der Waals surface area contributed by atoms with Gasteiger partial charge in [-0.05, 0) is 41.3 Å². The third-order valence-electron chi connectivity index (χ3n) is 2.66. The Labute approximate surface area is 101 Å². The van der Waals surface area contributed by atoms with Crippen LogP contribution in [0.4, 0.5) is 0 Å². The summed E-state index contributed by atoms with van der Waals surface area (Å²) in [5, 5.41) is 0.751. The highest BCUT2D eigenvalue weighted by atomic mass is 35.5. The highest BCUT2D eigenvalue weighted by molar-refractivity contribution is 6.30. The van der Waals surface area contributed by atoms with Crippen LogP contribution in [0.2, 0.25) is 5.02 Å². The number of hydrogen-bond acceptors (Lipinski definition) is 0. The normalized spacial score (nSPS) is 10.1. The number of rotatable bonds is 2. The molecule has 0 fully saturated rings. The van der Waals surface area contributed by atoms with Crippen LogP contribution in [-0.2, 0) is 0 Å². The van der Waals surface area contributed by atoms with Crippen molar-refractivity contribution >= 4 is 17.2 Å². The molecule has 0 unspecified atom stereocenters. The molecule has 0 spiro atoms. The van der Waals surface area contributed by atoms with Crippen LogP contribution in [0.25, 0.3) is 5.57 Å². The average Bonchev–Trinajstić information content (AvgIpc) is 2.30. The molecule has 0 N–H and O–H groups in total. The fraction of sp³-hybridized carbons (Fsp3) is 0.0667. The van der Waals surface area contributed by atoms with Crippen molar-refractivity contribution in [2.45, 2.75) is 6.92 Å². The van der Waals surface area contributed by atoms with Gasteiger partial charge in [0.2, 0.25) is 0 Å². The maximum absolute atomic E-state index is 5.86. The lowest BCUT2D eigenvalue weighted by Crippen LogP contribution is -1.89. The molecule has 0 saturated carbocycles. The summed E-state index contributed by atoms with van der Waals surface area (Å²) in [7, 11) is 0. The molecule has 0 saturated heterocycles. The van der Waals surface area contributed by atoms with E-state index in [1.807, 2.05) is 36.4 Å². The van der Waals surface area contributed by atoms with Gasteiger partial charge >= 0.3 is 0 Å². The molecule has 0 aliphatic carbocycles. The number of halogens is 1. The highest BCUT2D eigenvalue weighted by Crippen LogP contribution is 2.25. The summed E-state index contributed by atoms with van der Waals surface area (Å²) in [5.41, 5.74) is 4.57. The first-order valence-electron chi connectivity index (χ1n) is 5.19. The fourth-order valence-electron chi connectivity index (χ4n) is 1.72. The minimum atomic E-state index is 0.751. The first-order chi connectivity index (χ1) is 7.68. The van der Waals surface area contributed by atoms with Crippen LogP contribution in [0.1, 0.15) is 16.7 Å². The van der Waals surface area contributed by atoms with Crippen molar-refractivity contribution in [3.05, 3.63) is 76.8 Å². The Morgan fingerprint density at radius 1 is 1.00 bits per heavy atom. The molecule has 0 atom stereocenters. The van der Waals surface area contributed by atoms with Crippen LogP contribution < -0.4 is 0 Å². The topological polar surface area (TPSA) is 0 Å². The second-order valence-corrected chi connectivity index (χ2v) is 4.24. The largest absolute Gasteiger partial charge is 0.0905 e. The van der Waals surface area contributed by atoms with E-state index in [1.54, 1.807) is 0 Å². The number of aryl methyl sites for hydroxylation is 1. The molecule has 0 radical (unpaired) electrons. The summed E-state index contributed by atoms with van der Waals surface area (Å²) >= 11 is 5.86. The predicted octanol–water partition coefficient (Wildman–Crippen LogP) is 4.71. The van der Waals surface area contributed by atoms with Crippen molar-refractivity contribution in [1.82, 2.24) is 0 Å². The Morgan fingerprint density at radius 2 is 1.62 bits per heavy atom. The van der Waals surface area contributed by atoms with Gasteiger partial charge in [0.05, 0.1) is 0 Å². The molecule has 2 aromatic rings. The lowest BCUT2D eigenvalue weighted by atomic mass is 9.96. The van der Waals surface area contributed by atoms with Gasteiger partial charge in [0.25, 0.3) is 0 Å². The van der Waals surface area contributed by atoms with Crippen molar-refractivity contribution < 1.29 is 0 Å². The Morgan fingerprint density at radius 3 is 2.25 bits per heavy atom. The summed E-state index contributed by atoms with van der Waals surface area (Å²) < 4.78 is 0. The SMILES string of the molecule is C=C(c1ccc(Cl)cc1)c1ccccc1C. The molecule has 0 heterocycles. The third kappa shape index (κ3) is 2.17. The van der Waals surface area contributed by atoms with Crippen LogP contribution in [-0.4, -0.2) is 0 Å². The monoisotopic (exact) mass is 228 g/mol. The van der Waals surface area contributed by atoms with E-state index in [-0.39, 0.29) is 0 Å². The van der Waals surface area contributed by atoms with E-state index in [0.717, 1.165) is 16.2 Å². The van der Waals surface area contributed by atoms with E-state index in [2.05, 4.69) is 25.6 Å². The zero-order valence-corrected chi connectivity index (χ0v) is 9.96. The molecule has 16 heavy (non-hydrogen) atoms. The molecule has 0 aliphatic rings. The average molecular weight is 229 g/mol. The van der Waals surface area contributed by atoms with Crippen LogP contribution >= 0.6 is 11.6 Å². The van der Waals surface area contributed by atoms with Crippen LogP contribution in [0, 0.1) is 6.92 Å². The molecule has 0 nitrogen and oxygen atoms in total. The summed E-state index contributed by atoms with van der Waals surface area (Å²) in [6.45, 7) is 6.24. The molecule has 80 valence electrons. The van der Waals surface area contributed by atoms with Gasteiger partial charge < -0.3 is 0 Å². The highest BCUT2D eigenvalue weighted by Gasteiger charge is 2.04. The molecule has 0 aliphatic heterocycles. The van der Waals surface area contributed by atoms with Crippen LogP contribution in [0.15, 0.2) is 55.1 Å². The lowest BCUT2D eigenvalue weighted by Gasteiger charge is -2.09. The van der Waals surface area contributed by atoms with Crippen molar-refractivity contribution in [3.63, 3.8) is 0 Å². The lowest BCUT2D eigenvalue weighted by molar-refractivity contribution is 1.42. The van der Waals surface area contributed by atoms with E-state index in [0.29, 0.717) is 0 Å². The molecule has 1 heteroatoms. The van der Waals surface area contributed by atoms with Gasteiger partial charge in [0.1, 0.15) is 0 Å². The minimum absolute atomic E-state index is 0.751. The van der Waals surface area contributed by atoms with Crippen molar-refractivity contribution in [1.29, 1.82) is 0 Å². The van der Waals surface area contributed by atoms with E-state index in [9.17, 15) is 0 Å². The maximum Gasteiger partial charge on any atom is 0.0406 e. The second-order valence-electron chi connectivity index (χ2n) is 3.80. The summed E-state index contributed by atoms with van der Waals surface area (Å²) in [6.07, 6.45) is 0. The molecule has 0 aromatic heterocycles. The smallest absolute Gasteiger partial charge is 0.0406 e. The minimum Gasteiger partial charge on any atom is -0.0905 e. The van der Waals surface area contributed by atoms with Gasteiger partial charge in [-0.25, -0.2) is 0 Å². The standard InChI is InChI=1S/C15H13Cl/c1-11-5-3-4-6-15(11)12(2)13-7-9-14(16)10-8-13/h3-10H,2H2,1H3. The van der Waals surface area contributed by atoms with Crippen molar-refractivity contribution in [2.75, 3.05) is 0 Å². The molecule has 0 bridgehead atoms. The van der Waals surface area contributed by atoms with E-state index >= 15 is 0 Å². The van der Waals surface area contributed by atoms with Gasteiger partial charge in [0, 0.05) is 5.02 Å². The zero-order valence-electron chi connectivity index (χ0n) is 9.20. The Kier molecular flexibility index (Phi) is 3.12. The molecule has 2 rings (SSSR count). The first-order valence-corrected chi connectivity index (χ1v) is 5.57. The van der Waals surface area contributed by atoms with Crippen LogP contribution in [0.3, 0.4) is 0 Å². The molecular weight excluding hydrogens is 216 g/mol. The summed E-state index contributed by atoms with van der Waals surface area (Å²) in [4.78, 5) is 0. The van der Waals surface area contributed by atoms with Gasteiger partial charge in [-0.1, -0.05) is 54.6 Å². The summed E-state index contributed by atoms with van der Waals surface area (Å²) in [6, 6.07) is 16.0. The van der Waals surface area contributed by atoms with Gasteiger partial charge in [0.15, 0.2) is 0 Å². The molecular formula is C15H13Cl. The quantitative estimate of drug-likeness (QED) is 0.698. The predicted molar refractivity (Wildman–Crippen MR) is 70.8 cm³/mol. The Bertz CT molecular complexity index is 509. The zero-order chi connectivity index (χ0) is 11.5. The third-order valence-corrected chi connectivity index (χ3v) is 2.91. The first kappa shape index (κ1) is 11.0. The number of hydrogen-bond donors (Lipinski definition) is 0. The van der Waals surface area contributed by atoms with Crippen LogP contribution in [0.5, 0.6) is 0 Å². The van der Waals surface area contributed by atoms with Crippen molar-refractivity contribution in [3.8, 4) is 0 Å².